The zero-order valence-corrected chi connectivity index (χ0v) is 7.87. The molecule has 0 unspecified atom stereocenters. The van der Waals surface area contributed by atoms with Crippen LogP contribution >= 0.6 is 0 Å². The van der Waals surface area contributed by atoms with Gasteiger partial charge in [0.25, 0.3) is 0 Å². The van der Waals surface area contributed by atoms with E-state index < -0.39 is 0 Å². The molecule has 0 radical (unpaired) electrons. The molecule has 0 spiro atoms. The number of hydrogen-bond acceptors (Lipinski definition) is 1. The summed E-state index contributed by atoms with van der Waals surface area (Å²) in [5.74, 6) is 0.456. The molecule has 0 N–H and O–H groups in total. The molecule has 0 fully saturated rings. The van der Waals surface area contributed by atoms with Crippen LogP contribution < -0.4 is 0 Å². The van der Waals surface area contributed by atoms with Gasteiger partial charge in [0.15, 0.2) is 5.78 Å². The van der Waals surface area contributed by atoms with Crippen LogP contribution in [0, 0.1) is 0 Å². The van der Waals surface area contributed by atoms with E-state index in [2.05, 4.69) is 19.1 Å². The quantitative estimate of drug-likeness (QED) is 0.636. The van der Waals surface area contributed by atoms with Crippen LogP contribution in [-0.2, 0) is 4.79 Å². The summed E-state index contributed by atoms with van der Waals surface area (Å²) in [7, 11) is 0. The maximum Gasteiger partial charge on any atom is 0.156 e. The van der Waals surface area contributed by atoms with Crippen molar-refractivity contribution in [2.45, 2.75) is 19.8 Å². The third kappa shape index (κ3) is 1.21. The molecule has 1 heteroatoms. The summed E-state index contributed by atoms with van der Waals surface area (Å²) >= 11 is 0. The minimum absolute atomic E-state index is 0.184. The van der Waals surface area contributed by atoms with Crippen molar-refractivity contribution in [1.82, 2.24) is 0 Å². The number of benzene rings is 1. The Morgan fingerprint density at radius 2 is 2.00 bits per heavy atom. The first kappa shape index (κ1) is 8.24. The Bertz CT molecular complexity index is 388. The summed E-state index contributed by atoms with van der Waals surface area (Å²) < 4.78 is 0. The van der Waals surface area contributed by atoms with E-state index in [1.54, 1.807) is 6.92 Å². The van der Waals surface area contributed by atoms with Crippen molar-refractivity contribution >= 4 is 11.9 Å². The number of ketones is 1. The SMILES string of the molecule is CC(=O)C1=Cc2ccccc2[C@@H]1C. The van der Waals surface area contributed by atoms with E-state index in [0.29, 0.717) is 0 Å². The van der Waals surface area contributed by atoms with Crippen molar-refractivity contribution in [3.05, 3.63) is 41.0 Å². The summed E-state index contributed by atoms with van der Waals surface area (Å²) in [5.41, 5.74) is 3.40. The number of Topliss-reactive ketones (excluding diaryl/α,β-unsaturated/α-hetero) is 1. The molecule has 1 aromatic rings. The number of allylic oxidation sites excluding steroid dienone is 1. The van der Waals surface area contributed by atoms with Crippen LogP contribution in [0.1, 0.15) is 30.9 Å². The van der Waals surface area contributed by atoms with E-state index in [0.717, 1.165) is 5.57 Å². The first-order chi connectivity index (χ1) is 6.20. The monoisotopic (exact) mass is 172 g/mol. The fourth-order valence-electron chi connectivity index (χ4n) is 1.90. The lowest BCUT2D eigenvalue weighted by atomic mass is 9.96. The molecule has 0 saturated heterocycles. The van der Waals surface area contributed by atoms with Crippen LogP contribution in [0.2, 0.25) is 0 Å². The summed E-state index contributed by atoms with van der Waals surface area (Å²) in [6, 6.07) is 8.17. The molecule has 0 aromatic heterocycles. The Morgan fingerprint density at radius 1 is 1.31 bits per heavy atom. The Kier molecular flexibility index (Phi) is 1.80. The lowest BCUT2D eigenvalue weighted by Crippen LogP contribution is -2.00. The minimum Gasteiger partial charge on any atom is -0.295 e. The maximum absolute atomic E-state index is 11.3. The van der Waals surface area contributed by atoms with E-state index in [1.807, 2.05) is 18.2 Å². The largest absolute Gasteiger partial charge is 0.295 e. The zero-order valence-electron chi connectivity index (χ0n) is 7.87. The van der Waals surface area contributed by atoms with Crippen LogP contribution in [0.4, 0.5) is 0 Å². The summed E-state index contributed by atoms with van der Waals surface area (Å²) in [6.45, 7) is 3.72. The number of fused-ring (bicyclic) bond motifs is 1. The van der Waals surface area contributed by atoms with Crippen molar-refractivity contribution in [3.63, 3.8) is 0 Å². The lowest BCUT2D eigenvalue weighted by Gasteiger charge is -2.07. The predicted octanol–water partition coefficient (Wildman–Crippen LogP) is 2.78. The summed E-state index contributed by atoms with van der Waals surface area (Å²) in [4.78, 5) is 11.3. The Hall–Kier alpha value is -1.37. The van der Waals surface area contributed by atoms with Gasteiger partial charge >= 0.3 is 0 Å². The van der Waals surface area contributed by atoms with Crippen LogP contribution in [0.3, 0.4) is 0 Å². The molecule has 0 saturated carbocycles. The molecule has 0 amide bonds. The molecule has 0 heterocycles. The van der Waals surface area contributed by atoms with Crippen LogP contribution in [0.25, 0.3) is 6.08 Å². The second-order valence-corrected chi connectivity index (χ2v) is 3.51. The highest BCUT2D eigenvalue weighted by molar-refractivity contribution is 6.01. The highest BCUT2D eigenvalue weighted by Gasteiger charge is 2.22. The lowest BCUT2D eigenvalue weighted by molar-refractivity contribution is -0.113. The van der Waals surface area contributed by atoms with E-state index >= 15 is 0 Å². The second kappa shape index (κ2) is 2.84. The van der Waals surface area contributed by atoms with E-state index in [-0.39, 0.29) is 11.7 Å². The van der Waals surface area contributed by atoms with Gasteiger partial charge in [-0.3, -0.25) is 4.79 Å². The highest BCUT2D eigenvalue weighted by atomic mass is 16.1. The van der Waals surface area contributed by atoms with Gasteiger partial charge in [0, 0.05) is 11.5 Å². The topological polar surface area (TPSA) is 17.1 Å². The Morgan fingerprint density at radius 3 is 2.62 bits per heavy atom. The van der Waals surface area contributed by atoms with Gasteiger partial charge < -0.3 is 0 Å². The molecule has 0 aliphatic heterocycles. The van der Waals surface area contributed by atoms with Crippen molar-refractivity contribution in [1.29, 1.82) is 0 Å². The van der Waals surface area contributed by atoms with Crippen molar-refractivity contribution in [2.75, 3.05) is 0 Å². The molecule has 1 aromatic carbocycles. The second-order valence-electron chi connectivity index (χ2n) is 3.51. The van der Waals surface area contributed by atoms with Gasteiger partial charge in [-0.05, 0) is 24.1 Å². The molecule has 13 heavy (non-hydrogen) atoms. The first-order valence-corrected chi connectivity index (χ1v) is 4.51. The Balaban J connectivity index is 2.50. The number of carbonyl (C=O) groups excluding carboxylic acids is 1. The van der Waals surface area contributed by atoms with Gasteiger partial charge in [0.05, 0.1) is 0 Å². The molecule has 1 aliphatic carbocycles. The zero-order chi connectivity index (χ0) is 9.42. The first-order valence-electron chi connectivity index (χ1n) is 4.51. The Labute approximate surface area is 78.1 Å². The van der Waals surface area contributed by atoms with Gasteiger partial charge in [-0.2, -0.15) is 0 Å². The van der Waals surface area contributed by atoms with Crippen molar-refractivity contribution < 1.29 is 4.79 Å². The number of hydrogen-bond donors (Lipinski definition) is 0. The third-order valence-electron chi connectivity index (χ3n) is 2.65. The van der Waals surface area contributed by atoms with Crippen molar-refractivity contribution in [2.24, 2.45) is 0 Å². The molecular formula is C12H12O. The van der Waals surface area contributed by atoms with Crippen LogP contribution in [0.5, 0.6) is 0 Å². The molecule has 1 nitrogen and oxygen atoms in total. The average Bonchev–Trinajstić information content (AvgIpc) is 2.45. The predicted molar refractivity (Wildman–Crippen MR) is 53.5 cm³/mol. The normalized spacial score (nSPS) is 19.5. The van der Waals surface area contributed by atoms with E-state index in [4.69, 9.17) is 0 Å². The molecule has 2 rings (SSSR count). The molecule has 1 atom stereocenters. The smallest absolute Gasteiger partial charge is 0.156 e. The van der Waals surface area contributed by atoms with Gasteiger partial charge in [-0.1, -0.05) is 31.2 Å². The summed E-state index contributed by atoms with van der Waals surface area (Å²) in [6.07, 6.45) is 2.00. The van der Waals surface area contributed by atoms with Crippen molar-refractivity contribution in [3.8, 4) is 0 Å². The van der Waals surface area contributed by atoms with E-state index in [1.165, 1.54) is 11.1 Å². The fourth-order valence-corrected chi connectivity index (χ4v) is 1.90. The van der Waals surface area contributed by atoms with E-state index in [9.17, 15) is 4.79 Å². The highest BCUT2D eigenvalue weighted by Crippen LogP contribution is 2.35. The molecule has 0 bridgehead atoms. The summed E-state index contributed by atoms with van der Waals surface area (Å²) in [5, 5.41) is 0. The standard InChI is InChI=1S/C12H12O/c1-8-11-6-4-3-5-10(11)7-12(8)9(2)13/h3-8H,1-2H3/t8-/m0/s1. The van der Waals surface area contributed by atoms with Gasteiger partial charge in [0.2, 0.25) is 0 Å². The number of carbonyl (C=O) groups is 1. The average molecular weight is 172 g/mol. The van der Waals surface area contributed by atoms with Gasteiger partial charge in [0.1, 0.15) is 0 Å². The number of rotatable bonds is 1. The molecule has 1 aliphatic rings. The van der Waals surface area contributed by atoms with Gasteiger partial charge in [-0.25, -0.2) is 0 Å². The third-order valence-corrected chi connectivity index (χ3v) is 2.65. The minimum atomic E-state index is 0.184. The molecular weight excluding hydrogens is 160 g/mol. The van der Waals surface area contributed by atoms with Gasteiger partial charge in [-0.15, -0.1) is 0 Å². The molecule has 66 valence electrons. The van der Waals surface area contributed by atoms with Crippen LogP contribution in [0.15, 0.2) is 29.8 Å². The maximum atomic E-state index is 11.3. The van der Waals surface area contributed by atoms with Crippen LogP contribution in [-0.4, -0.2) is 5.78 Å². The fraction of sp³-hybridized carbons (Fsp3) is 0.250.